The lowest BCUT2D eigenvalue weighted by Crippen LogP contribution is -2.66. The molecule has 2 atom stereocenters. The van der Waals surface area contributed by atoms with E-state index < -0.39 is 29.6 Å². The molecule has 0 aromatic carbocycles. The van der Waals surface area contributed by atoms with Gasteiger partial charge in [0.05, 0.1) is 30.2 Å². The van der Waals surface area contributed by atoms with Crippen LogP contribution in [0.2, 0.25) is 0 Å². The van der Waals surface area contributed by atoms with Gasteiger partial charge in [0, 0.05) is 37.4 Å². The van der Waals surface area contributed by atoms with Crippen molar-refractivity contribution < 1.29 is 27.1 Å². The quantitative estimate of drug-likeness (QED) is 0.762. The fourth-order valence-electron chi connectivity index (χ4n) is 4.91. The summed E-state index contributed by atoms with van der Waals surface area (Å²) >= 11 is 0. The van der Waals surface area contributed by atoms with Gasteiger partial charge in [-0.1, -0.05) is 0 Å². The van der Waals surface area contributed by atoms with Crippen LogP contribution in [-0.2, 0) is 12.1 Å². The molecule has 3 aliphatic rings. The summed E-state index contributed by atoms with van der Waals surface area (Å²) in [6.07, 6.45) is -3.77. The molecule has 1 saturated carbocycles. The lowest BCUT2D eigenvalue weighted by Gasteiger charge is -2.58. The van der Waals surface area contributed by atoms with Crippen LogP contribution < -0.4 is 4.90 Å². The fourth-order valence-corrected chi connectivity index (χ4v) is 4.91. The molecule has 1 spiro atoms. The molecule has 1 saturated heterocycles. The Morgan fingerprint density at radius 2 is 1.83 bits per heavy atom. The number of hydrogen-bond donors (Lipinski definition) is 1. The fraction of sp³-hybridized carbons (Fsp3) is 0.667. The minimum Gasteiger partial charge on any atom is -0.374 e. The molecule has 4 heterocycles. The van der Waals surface area contributed by atoms with Crippen molar-refractivity contribution in [3.8, 4) is 11.4 Å². The van der Waals surface area contributed by atoms with E-state index in [1.165, 1.54) is 10.8 Å². The molecule has 0 unspecified atom stereocenters. The largest absolute Gasteiger partial charge is 0.424 e. The molecule has 158 valence electrons. The van der Waals surface area contributed by atoms with Crippen LogP contribution >= 0.6 is 0 Å². The normalized spacial score (nSPS) is 26.3. The van der Waals surface area contributed by atoms with E-state index in [1.807, 2.05) is 4.90 Å². The van der Waals surface area contributed by atoms with Crippen molar-refractivity contribution in [2.45, 2.75) is 57.0 Å². The SMILES string of the molecule is C[C@H]1Cn2nc(N3CC4(C3)CC(F)(F)C4)cc2-c2cnc([C@@](C)(O)C(F)(F)F)n21. The molecule has 2 aromatic rings. The van der Waals surface area contributed by atoms with Gasteiger partial charge in [0.1, 0.15) is 0 Å². The first-order valence-electron chi connectivity index (χ1n) is 9.40. The Hall–Kier alpha value is -2.17. The third kappa shape index (κ3) is 2.55. The predicted molar refractivity (Wildman–Crippen MR) is 92.6 cm³/mol. The van der Waals surface area contributed by atoms with Crippen molar-refractivity contribution in [1.29, 1.82) is 0 Å². The minimum absolute atomic E-state index is 0.107. The molecule has 6 nitrogen and oxygen atoms in total. The molecule has 2 aromatic heterocycles. The highest BCUT2D eigenvalue weighted by Crippen LogP contribution is 2.57. The van der Waals surface area contributed by atoms with E-state index in [2.05, 4.69) is 10.1 Å². The zero-order valence-corrected chi connectivity index (χ0v) is 15.8. The molecule has 29 heavy (non-hydrogen) atoms. The molecule has 11 heteroatoms. The van der Waals surface area contributed by atoms with Gasteiger partial charge in [0.2, 0.25) is 11.5 Å². The topological polar surface area (TPSA) is 59.1 Å². The summed E-state index contributed by atoms with van der Waals surface area (Å²) in [5.74, 6) is -2.42. The van der Waals surface area contributed by atoms with Crippen LogP contribution in [-0.4, -0.2) is 49.6 Å². The lowest BCUT2D eigenvalue weighted by molar-refractivity contribution is -0.262. The van der Waals surface area contributed by atoms with Gasteiger partial charge in [-0.05, 0) is 13.8 Å². The average molecular weight is 417 g/mol. The number of aliphatic hydroxyl groups is 1. The van der Waals surface area contributed by atoms with Gasteiger partial charge in [0.25, 0.3) is 0 Å². The van der Waals surface area contributed by atoms with E-state index in [4.69, 9.17) is 0 Å². The first-order chi connectivity index (χ1) is 13.3. The maximum atomic E-state index is 13.3. The highest BCUT2D eigenvalue weighted by molar-refractivity contribution is 5.63. The third-order valence-corrected chi connectivity index (χ3v) is 6.34. The third-order valence-electron chi connectivity index (χ3n) is 6.34. The number of halogens is 5. The molecular formula is C18H20F5N5O. The Kier molecular flexibility index (Phi) is 3.44. The van der Waals surface area contributed by atoms with E-state index in [-0.39, 0.29) is 18.3 Å². The highest BCUT2D eigenvalue weighted by Gasteiger charge is 2.62. The molecular weight excluding hydrogens is 397 g/mol. The Balaban J connectivity index is 1.45. The number of aromatic nitrogens is 4. The number of fused-ring (bicyclic) bond motifs is 3. The summed E-state index contributed by atoms with van der Waals surface area (Å²) in [7, 11) is 0. The van der Waals surface area contributed by atoms with Crippen molar-refractivity contribution in [2.24, 2.45) is 5.41 Å². The van der Waals surface area contributed by atoms with E-state index in [0.29, 0.717) is 43.8 Å². The van der Waals surface area contributed by atoms with Gasteiger partial charge in [-0.2, -0.15) is 18.3 Å². The van der Waals surface area contributed by atoms with Gasteiger partial charge >= 0.3 is 6.18 Å². The molecule has 1 aliphatic carbocycles. The molecule has 0 amide bonds. The maximum Gasteiger partial charge on any atom is 0.424 e. The molecule has 2 fully saturated rings. The van der Waals surface area contributed by atoms with Crippen LogP contribution in [0.25, 0.3) is 11.4 Å². The molecule has 1 N–H and O–H groups in total. The summed E-state index contributed by atoms with van der Waals surface area (Å²) in [5.41, 5.74) is -2.40. The second kappa shape index (κ2) is 5.30. The highest BCUT2D eigenvalue weighted by atomic mass is 19.4. The van der Waals surface area contributed by atoms with Gasteiger partial charge in [-0.25, -0.2) is 13.8 Å². The first-order valence-corrected chi connectivity index (χ1v) is 9.40. The lowest BCUT2D eigenvalue weighted by atomic mass is 9.61. The van der Waals surface area contributed by atoms with Crippen LogP contribution in [0.15, 0.2) is 12.3 Å². The molecule has 5 rings (SSSR count). The van der Waals surface area contributed by atoms with Gasteiger partial charge in [-0.3, -0.25) is 4.68 Å². The van der Waals surface area contributed by atoms with Crippen molar-refractivity contribution in [3.05, 3.63) is 18.1 Å². The summed E-state index contributed by atoms with van der Waals surface area (Å²) < 4.78 is 69.5. The van der Waals surface area contributed by atoms with E-state index in [1.54, 1.807) is 17.7 Å². The van der Waals surface area contributed by atoms with Crippen LogP contribution in [0.1, 0.15) is 38.6 Å². The summed E-state index contributed by atoms with van der Waals surface area (Å²) in [4.78, 5) is 5.81. The zero-order chi connectivity index (χ0) is 21.0. The van der Waals surface area contributed by atoms with E-state index in [0.717, 1.165) is 0 Å². The van der Waals surface area contributed by atoms with Crippen LogP contribution in [0, 0.1) is 5.41 Å². The van der Waals surface area contributed by atoms with Crippen LogP contribution in [0.3, 0.4) is 0 Å². The first kappa shape index (κ1) is 18.8. The smallest absolute Gasteiger partial charge is 0.374 e. The maximum absolute atomic E-state index is 13.3. The van der Waals surface area contributed by atoms with Gasteiger partial charge in [0.15, 0.2) is 11.6 Å². The van der Waals surface area contributed by atoms with Gasteiger partial charge in [-0.15, -0.1) is 0 Å². The minimum atomic E-state index is -4.87. The Labute approximate surface area is 162 Å². The second-order valence-electron chi connectivity index (χ2n) is 8.89. The number of hydrogen-bond acceptors (Lipinski definition) is 4. The number of rotatable bonds is 2. The van der Waals surface area contributed by atoms with E-state index in [9.17, 15) is 27.1 Å². The Morgan fingerprint density at radius 1 is 1.17 bits per heavy atom. The zero-order valence-electron chi connectivity index (χ0n) is 15.8. The predicted octanol–water partition coefficient (Wildman–Crippen LogP) is 3.33. The molecule has 0 radical (unpaired) electrons. The average Bonchev–Trinajstić information content (AvgIpc) is 3.12. The van der Waals surface area contributed by atoms with Crippen molar-refractivity contribution in [2.75, 3.05) is 18.0 Å². The summed E-state index contributed by atoms with van der Waals surface area (Å²) in [6.45, 7) is 3.75. The van der Waals surface area contributed by atoms with Crippen molar-refractivity contribution >= 4 is 5.82 Å². The summed E-state index contributed by atoms with van der Waals surface area (Å²) in [6, 6.07) is 1.35. The standard InChI is InChI=1S/C18H20F5N5O/c1-10-5-27-11(12-4-24-14(28(10)12)15(2,29)18(21,22)23)3-13(25-27)26-8-16(9-26)6-17(19,20)7-16/h3-4,10,29H,5-9H2,1-2H3/t10-,15+/m0/s1. The van der Waals surface area contributed by atoms with Crippen LogP contribution in [0.5, 0.6) is 0 Å². The second-order valence-corrected chi connectivity index (χ2v) is 8.89. The van der Waals surface area contributed by atoms with Crippen molar-refractivity contribution in [1.82, 2.24) is 19.3 Å². The number of imidazole rings is 1. The number of anilines is 1. The molecule has 2 aliphatic heterocycles. The van der Waals surface area contributed by atoms with Crippen LogP contribution in [0.4, 0.5) is 27.8 Å². The summed E-state index contributed by atoms with van der Waals surface area (Å²) in [5, 5.41) is 14.6. The molecule has 0 bridgehead atoms. The van der Waals surface area contributed by atoms with Gasteiger partial charge < -0.3 is 14.6 Å². The number of alkyl halides is 5. The Bertz CT molecular complexity index is 975. The van der Waals surface area contributed by atoms with E-state index >= 15 is 0 Å². The number of nitrogens with zero attached hydrogens (tertiary/aromatic N) is 5. The monoisotopic (exact) mass is 417 g/mol. The van der Waals surface area contributed by atoms with Crippen molar-refractivity contribution in [3.63, 3.8) is 0 Å². The Morgan fingerprint density at radius 3 is 2.41 bits per heavy atom.